The number of Topliss-reactive ketones (excluding diaryl/α,β-unsaturated/α-hetero) is 1. The molecule has 0 saturated heterocycles. The third-order valence-electron chi connectivity index (χ3n) is 1.81. The van der Waals surface area contributed by atoms with Crippen molar-refractivity contribution < 1.29 is 4.79 Å². The summed E-state index contributed by atoms with van der Waals surface area (Å²) in [4.78, 5) is 11.6. The first-order valence-corrected chi connectivity index (χ1v) is 6.02. The highest BCUT2D eigenvalue weighted by molar-refractivity contribution is 9.08. The van der Waals surface area contributed by atoms with Crippen molar-refractivity contribution in [3.05, 3.63) is 34.3 Å². The van der Waals surface area contributed by atoms with Crippen LogP contribution in [0.1, 0.15) is 22.8 Å². The molecule has 76 valence electrons. The Bertz CT molecular complexity index is 350. The van der Waals surface area contributed by atoms with Gasteiger partial charge in [0, 0.05) is 10.9 Å². The minimum absolute atomic E-state index is 0.139. The lowest BCUT2D eigenvalue weighted by atomic mass is 10.1. The van der Waals surface area contributed by atoms with Crippen molar-refractivity contribution in [2.75, 3.05) is 0 Å². The maximum atomic E-state index is 11.6. The van der Waals surface area contributed by atoms with Crippen molar-refractivity contribution in [2.24, 2.45) is 0 Å². The molecule has 0 aliphatic carbocycles. The number of benzene rings is 1. The van der Waals surface area contributed by atoms with Crippen molar-refractivity contribution in [3.8, 4) is 0 Å². The van der Waals surface area contributed by atoms with Crippen LogP contribution in [0.3, 0.4) is 0 Å². The van der Waals surface area contributed by atoms with Crippen LogP contribution in [0, 0.1) is 0 Å². The summed E-state index contributed by atoms with van der Waals surface area (Å²) < 4.78 is 0. The Morgan fingerprint density at radius 2 is 2.21 bits per heavy atom. The highest BCUT2D eigenvalue weighted by Gasteiger charge is 2.15. The Morgan fingerprint density at radius 3 is 2.71 bits per heavy atom. The van der Waals surface area contributed by atoms with Gasteiger partial charge in [-0.2, -0.15) is 0 Å². The molecule has 0 aliphatic heterocycles. The van der Waals surface area contributed by atoms with E-state index in [1.165, 1.54) is 0 Å². The number of hydrogen-bond donors (Lipinski definition) is 0. The van der Waals surface area contributed by atoms with Crippen molar-refractivity contribution in [2.45, 2.75) is 17.6 Å². The lowest BCUT2D eigenvalue weighted by Gasteiger charge is -2.06. The van der Waals surface area contributed by atoms with E-state index in [1.807, 2.05) is 6.07 Å². The second-order valence-electron chi connectivity index (χ2n) is 2.93. The van der Waals surface area contributed by atoms with E-state index in [1.54, 1.807) is 19.1 Å². The smallest absolute Gasteiger partial charge is 0.181 e. The molecule has 1 aromatic rings. The highest BCUT2D eigenvalue weighted by atomic mass is 79.9. The summed E-state index contributed by atoms with van der Waals surface area (Å²) in [5.41, 5.74) is 1.50. The molecule has 0 aromatic heterocycles. The van der Waals surface area contributed by atoms with Gasteiger partial charge in [0.15, 0.2) is 5.78 Å². The van der Waals surface area contributed by atoms with E-state index in [0.29, 0.717) is 15.9 Å². The van der Waals surface area contributed by atoms with Crippen molar-refractivity contribution >= 4 is 44.9 Å². The summed E-state index contributed by atoms with van der Waals surface area (Å²) >= 11 is 14.9. The van der Waals surface area contributed by atoms with Gasteiger partial charge in [-0.05, 0) is 24.6 Å². The van der Waals surface area contributed by atoms with Gasteiger partial charge < -0.3 is 0 Å². The number of alkyl halides is 2. The first-order chi connectivity index (χ1) is 6.56. The number of carbonyl (C=O) groups is 1. The second-order valence-corrected chi connectivity index (χ2v) is 4.55. The molecule has 0 heterocycles. The van der Waals surface area contributed by atoms with Crippen LogP contribution in [0.25, 0.3) is 0 Å². The largest absolute Gasteiger partial charge is 0.292 e. The van der Waals surface area contributed by atoms with E-state index in [2.05, 4.69) is 15.9 Å². The average molecular weight is 296 g/mol. The lowest BCUT2D eigenvalue weighted by Crippen LogP contribution is -2.11. The van der Waals surface area contributed by atoms with Crippen molar-refractivity contribution in [3.63, 3.8) is 0 Å². The third-order valence-corrected chi connectivity index (χ3v) is 2.99. The molecule has 1 unspecified atom stereocenters. The SMILES string of the molecule is CC(Cl)C(=O)c1cc(CBr)ccc1Cl. The van der Waals surface area contributed by atoms with Gasteiger partial charge in [-0.1, -0.05) is 33.6 Å². The Kier molecular flexibility index (Phi) is 4.42. The maximum Gasteiger partial charge on any atom is 0.181 e. The van der Waals surface area contributed by atoms with Gasteiger partial charge in [-0.15, -0.1) is 11.6 Å². The number of ketones is 1. The molecule has 0 aliphatic rings. The van der Waals surface area contributed by atoms with E-state index in [4.69, 9.17) is 23.2 Å². The Labute approximate surface area is 102 Å². The molecule has 1 aromatic carbocycles. The van der Waals surface area contributed by atoms with Crippen LogP contribution in [0.5, 0.6) is 0 Å². The summed E-state index contributed by atoms with van der Waals surface area (Å²) in [6.07, 6.45) is 0. The number of halogens is 3. The zero-order chi connectivity index (χ0) is 10.7. The standard InChI is InChI=1S/C10H9BrCl2O/c1-6(12)10(14)8-4-7(5-11)2-3-9(8)13/h2-4,6H,5H2,1H3. The van der Waals surface area contributed by atoms with E-state index in [-0.39, 0.29) is 5.78 Å². The Morgan fingerprint density at radius 1 is 1.57 bits per heavy atom. The molecule has 4 heteroatoms. The molecule has 1 atom stereocenters. The summed E-state index contributed by atoms with van der Waals surface area (Å²) in [5, 5.41) is 0.603. The van der Waals surface area contributed by atoms with Crippen LogP contribution in [-0.2, 0) is 5.33 Å². The van der Waals surface area contributed by atoms with Crippen LogP contribution in [0.15, 0.2) is 18.2 Å². The molecule has 0 bridgehead atoms. The topological polar surface area (TPSA) is 17.1 Å². The third kappa shape index (κ3) is 2.72. The molecule has 0 amide bonds. The van der Waals surface area contributed by atoms with Crippen LogP contribution in [0.4, 0.5) is 0 Å². The molecular weight excluding hydrogens is 287 g/mol. The van der Waals surface area contributed by atoms with Crippen molar-refractivity contribution in [1.29, 1.82) is 0 Å². The van der Waals surface area contributed by atoms with Gasteiger partial charge >= 0.3 is 0 Å². The molecule has 1 nitrogen and oxygen atoms in total. The highest BCUT2D eigenvalue weighted by Crippen LogP contribution is 2.21. The monoisotopic (exact) mass is 294 g/mol. The van der Waals surface area contributed by atoms with Crippen LogP contribution < -0.4 is 0 Å². The van der Waals surface area contributed by atoms with Gasteiger partial charge in [0.2, 0.25) is 0 Å². The summed E-state index contributed by atoms with van der Waals surface area (Å²) in [6, 6.07) is 5.34. The molecular formula is C10H9BrCl2O. The quantitative estimate of drug-likeness (QED) is 0.607. The van der Waals surface area contributed by atoms with Crippen LogP contribution in [0.2, 0.25) is 5.02 Å². The van der Waals surface area contributed by atoms with Crippen molar-refractivity contribution in [1.82, 2.24) is 0 Å². The first kappa shape index (κ1) is 12.0. The van der Waals surface area contributed by atoms with E-state index in [0.717, 1.165) is 5.56 Å². The molecule has 14 heavy (non-hydrogen) atoms. The normalized spacial score (nSPS) is 12.6. The van der Waals surface area contributed by atoms with Gasteiger partial charge in [-0.3, -0.25) is 4.79 Å². The number of rotatable bonds is 3. The summed E-state index contributed by atoms with van der Waals surface area (Å²) in [5.74, 6) is -0.139. The van der Waals surface area contributed by atoms with Gasteiger partial charge in [0.25, 0.3) is 0 Å². The zero-order valence-corrected chi connectivity index (χ0v) is 10.7. The molecule has 0 N–H and O–H groups in total. The fourth-order valence-corrected chi connectivity index (χ4v) is 1.74. The number of hydrogen-bond acceptors (Lipinski definition) is 1. The molecule has 0 fully saturated rings. The first-order valence-electron chi connectivity index (χ1n) is 4.09. The maximum absolute atomic E-state index is 11.6. The fourth-order valence-electron chi connectivity index (χ4n) is 1.06. The van der Waals surface area contributed by atoms with Gasteiger partial charge in [0.05, 0.1) is 10.4 Å². The fraction of sp³-hybridized carbons (Fsp3) is 0.300. The van der Waals surface area contributed by atoms with E-state index in [9.17, 15) is 4.79 Å². The minimum atomic E-state index is -0.543. The molecule has 1 rings (SSSR count). The second kappa shape index (κ2) is 5.15. The summed E-state index contributed by atoms with van der Waals surface area (Å²) in [7, 11) is 0. The van der Waals surface area contributed by atoms with Gasteiger partial charge in [-0.25, -0.2) is 0 Å². The number of carbonyl (C=O) groups excluding carboxylic acids is 1. The van der Waals surface area contributed by atoms with Gasteiger partial charge in [0.1, 0.15) is 0 Å². The van der Waals surface area contributed by atoms with Crippen LogP contribution in [-0.4, -0.2) is 11.2 Å². The lowest BCUT2D eigenvalue weighted by molar-refractivity contribution is 0.0992. The molecule has 0 radical (unpaired) electrons. The summed E-state index contributed by atoms with van der Waals surface area (Å²) in [6.45, 7) is 1.64. The average Bonchev–Trinajstić information content (AvgIpc) is 2.17. The molecule has 0 saturated carbocycles. The minimum Gasteiger partial charge on any atom is -0.292 e. The van der Waals surface area contributed by atoms with Crippen LogP contribution >= 0.6 is 39.1 Å². The van der Waals surface area contributed by atoms with E-state index < -0.39 is 5.38 Å². The predicted octanol–water partition coefficient (Wildman–Crippen LogP) is 4.04. The molecule has 0 spiro atoms. The Balaban J connectivity index is 3.12. The zero-order valence-electron chi connectivity index (χ0n) is 7.56. The Hall–Kier alpha value is -0.0500. The predicted molar refractivity (Wildman–Crippen MR) is 63.7 cm³/mol. The van der Waals surface area contributed by atoms with E-state index >= 15 is 0 Å².